The van der Waals surface area contributed by atoms with Crippen molar-refractivity contribution in [2.75, 3.05) is 33.7 Å². The molecule has 0 aromatic rings. The molecule has 0 atom stereocenters. The highest BCUT2D eigenvalue weighted by molar-refractivity contribution is 5.78. The largest absolute Gasteiger partial charge is 0.389 e. The molecule has 0 radical (unpaired) electrons. The first-order valence-corrected chi connectivity index (χ1v) is 6.32. The summed E-state index contributed by atoms with van der Waals surface area (Å²) in [5, 5.41) is 12.9. The van der Waals surface area contributed by atoms with Gasteiger partial charge in [-0.2, -0.15) is 0 Å². The van der Waals surface area contributed by atoms with Crippen LogP contribution in [0.3, 0.4) is 0 Å². The zero-order valence-corrected chi connectivity index (χ0v) is 10.9. The van der Waals surface area contributed by atoms with Gasteiger partial charge in [-0.15, -0.1) is 0 Å². The van der Waals surface area contributed by atoms with Crippen molar-refractivity contribution in [1.29, 1.82) is 0 Å². The number of hydrogen-bond acceptors (Lipinski definition) is 4. The maximum Gasteiger partial charge on any atom is 0.223 e. The summed E-state index contributed by atoms with van der Waals surface area (Å²) in [5.41, 5.74) is 4.78. The second-order valence-electron chi connectivity index (χ2n) is 5.30. The fourth-order valence-corrected chi connectivity index (χ4v) is 2.17. The summed E-state index contributed by atoms with van der Waals surface area (Å²) in [6.07, 6.45) is 2.74. The molecule has 0 saturated heterocycles. The van der Waals surface area contributed by atoms with Crippen molar-refractivity contribution in [1.82, 2.24) is 10.2 Å². The van der Waals surface area contributed by atoms with Crippen LogP contribution in [0.15, 0.2) is 0 Å². The van der Waals surface area contributed by atoms with E-state index in [2.05, 4.69) is 5.32 Å². The van der Waals surface area contributed by atoms with Crippen molar-refractivity contribution in [3.8, 4) is 0 Å². The van der Waals surface area contributed by atoms with E-state index in [1.165, 1.54) is 0 Å². The molecule has 1 aliphatic carbocycles. The molecule has 0 aliphatic heterocycles. The summed E-state index contributed by atoms with van der Waals surface area (Å²) in [7, 11) is 3.96. The number of rotatable bonds is 5. The molecule has 5 heteroatoms. The van der Waals surface area contributed by atoms with E-state index in [0.717, 1.165) is 19.4 Å². The van der Waals surface area contributed by atoms with Crippen LogP contribution in [-0.4, -0.2) is 55.2 Å². The Morgan fingerprint density at radius 1 is 1.47 bits per heavy atom. The quantitative estimate of drug-likeness (QED) is 0.611. The number of carbonyl (C=O) groups excluding carboxylic acids is 1. The van der Waals surface area contributed by atoms with Crippen LogP contribution in [0.5, 0.6) is 0 Å². The van der Waals surface area contributed by atoms with Crippen LogP contribution in [0, 0.1) is 5.92 Å². The Bertz CT molecular complexity index is 248. The first kappa shape index (κ1) is 14.4. The number of nitrogens with two attached hydrogens (primary N) is 1. The van der Waals surface area contributed by atoms with Gasteiger partial charge in [0.25, 0.3) is 0 Å². The highest BCUT2D eigenvalue weighted by Gasteiger charge is 2.34. The van der Waals surface area contributed by atoms with Gasteiger partial charge < -0.3 is 21.1 Å². The zero-order valence-electron chi connectivity index (χ0n) is 10.9. The van der Waals surface area contributed by atoms with E-state index in [9.17, 15) is 9.90 Å². The van der Waals surface area contributed by atoms with Gasteiger partial charge in [0.2, 0.25) is 5.91 Å². The average Bonchev–Trinajstić information content (AvgIpc) is 2.29. The fourth-order valence-electron chi connectivity index (χ4n) is 2.17. The molecule has 5 nitrogen and oxygen atoms in total. The van der Waals surface area contributed by atoms with Crippen molar-refractivity contribution < 1.29 is 9.90 Å². The van der Waals surface area contributed by atoms with E-state index in [-0.39, 0.29) is 11.8 Å². The van der Waals surface area contributed by atoms with Crippen LogP contribution in [0.2, 0.25) is 0 Å². The predicted octanol–water partition coefficient (Wildman–Crippen LogP) is -0.456. The van der Waals surface area contributed by atoms with Gasteiger partial charge in [0, 0.05) is 25.6 Å². The van der Waals surface area contributed by atoms with Crippen molar-refractivity contribution in [2.45, 2.75) is 31.3 Å². The van der Waals surface area contributed by atoms with Crippen LogP contribution in [0.25, 0.3) is 0 Å². The summed E-state index contributed by atoms with van der Waals surface area (Å²) in [6, 6.07) is 0. The number of aliphatic hydroxyl groups is 1. The lowest BCUT2D eigenvalue weighted by molar-refractivity contribution is -0.127. The summed E-state index contributed by atoms with van der Waals surface area (Å²) in [6.45, 7) is 1.83. The molecule has 1 rings (SSSR count). The SMILES string of the molecule is CN(C)CCNC(=O)C1CCC(O)(CN)CC1. The highest BCUT2D eigenvalue weighted by atomic mass is 16.3. The summed E-state index contributed by atoms with van der Waals surface area (Å²) in [5.74, 6) is 0.162. The van der Waals surface area contributed by atoms with Crippen LogP contribution >= 0.6 is 0 Å². The first-order chi connectivity index (χ1) is 7.97. The number of likely N-dealkylation sites (N-methyl/N-ethyl adjacent to an activating group) is 1. The molecule has 1 saturated carbocycles. The normalized spacial score (nSPS) is 29.4. The smallest absolute Gasteiger partial charge is 0.223 e. The van der Waals surface area contributed by atoms with Gasteiger partial charge in [0.05, 0.1) is 5.60 Å². The summed E-state index contributed by atoms with van der Waals surface area (Å²) >= 11 is 0. The molecule has 0 aromatic carbocycles. The second-order valence-corrected chi connectivity index (χ2v) is 5.30. The van der Waals surface area contributed by atoms with E-state index in [1.54, 1.807) is 0 Å². The lowest BCUT2D eigenvalue weighted by Gasteiger charge is -2.34. The Morgan fingerprint density at radius 3 is 2.53 bits per heavy atom. The van der Waals surface area contributed by atoms with Crippen LogP contribution in [0.1, 0.15) is 25.7 Å². The maximum atomic E-state index is 11.8. The monoisotopic (exact) mass is 243 g/mol. The average molecular weight is 243 g/mol. The second kappa shape index (κ2) is 6.33. The number of carbonyl (C=O) groups is 1. The van der Waals surface area contributed by atoms with Gasteiger partial charge in [-0.05, 0) is 39.8 Å². The first-order valence-electron chi connectivity index (χ1n) is 6.32. The molecule has 1 aliphatic rings. The van der Waals surface area contributed by atoms with E-state index in [1.807, 2.05) is 19.0 Å². The lowest BCUT2D eigenvalue weighted by atomic mass is 9.78. The summed E-state index contributed by atoms with van der Waals surface area (Å²) in [4.78, 5) is 13.9. The van der Waals surface area contributed by atoms with E-state index >= 15 is 0 Å². The zero-order chi connectivity index (χ0) is 12.9. The van der Waals surface area contributed by atoms with Gasteiger partial charge >= 0.3 is 0 Å². The van der Waals surface area contributed by atoms with Crippen molar-refractivity contribution >= 4 is 5.91 Å². The number of nitrogens with one attached hydrogen (secondary N) is 1. The molecule has 0 spiro atoms. The van der Waals surface area contributed by atoms with Gasteiger partial charge in [0.1, 0.15) is 0 Å². The van der Waals surface area contributed by atoms with E-state index in [0.29, 0.717) is 25.9 Å². The molecule has 4 N–H and O–H groups in total. The van der Waals surface area contributed by atoms with Crippen LogP contribution in [-0.2, 0) is 4.79 Å². The Balaban J connectivity index is 2.26. The molecule has 100 valence electrons. The van der Waals surface area contributed by atoms with E-state index in [4.69, 9.17) is 5.73 Å². The Kier molecular flexibility index (Phi) is 5.36. The third-order valence-corrected chi connectivity index (χ3v) is 3.53. The molecule has 0 unspecified atom stereocenters. The highest BCUT2D eigenvalue weighted by Crippen LogP contribution is 2.31. The van der Waals surface area contributed by atoms with Crippen molar-refractivity contribution in [3.63, 3.8) is 0 Å². The van der Waals surface area contributed by atoms with E-state index < -0.39 is 5.60 Å². The third kappa shape index (κ3) is 4.61. The van der Waals surface area contributed by atoms with Crippen LogP contribution < -0.4 is 11.1 Å². The van der Waals surface area contributed by atoms with Gasteiger partial charge in [-0.25, -0.2) is 0 Å². The van der Waals surface area contributed by atoms with Crippen molar-refractivity contribution in [2.24, 2.45) is 11.7 Å². The van der Waals surface area contributed by atoms with Gasteiger partial charge in [-0.1, -0.05) is 0 Å². The fraction of sp³-hybridized carbons (Fsp3) is 0.917. The number of amides is 1. The van der Waals surface area contributed by atoms with Gasteiger partial charge in [0.15, 0.2) is 0 Å². The molecule has 17 heavy (non-hydrogen) atoms. The molecule has 0 bridgehead atoms. The minimum absolute atomic E-state index is 0.0454. The van der Waals surface area contributed by atoms with Crippen molar-refractivity contribution in [3.05, 3.63) is 0 Å². The predicted molar refractivity (Wildman–Crippen MR) is 67.5 cm³/mol. The Hall–Kier alpha value is -0.650. The lowest BCUT2D eigenvalue weighted by Crippen LogP contribution is -2.44. The third-order valence-electron chi connectivity index (χ3n) is 3.53. The molecular formula is C12H25N3O2. The Labute approximate surface area is 103 Å². The number of nitrogens with zero attached hydrogens (tertiary/aromatic N) is 1. The number of hydrogen-bond donors (Lipinski definition) is 3. The Morgan fingerprint density at radius 2 is 2.06 bits per heavy atom. The molecule has 1 amide bonds. The molecular weight excluding hydrogens is 218 g/mol. The standard InChI is InChI=1S/C12H25N3O2/c1-15(2)8-7-14-11(16)10-3-5-12(17,9-13)6-4-10/h10,17H,3-9,13H2,1-2H3,(H,14,16). The maximum absolute atomic E-state index is 11.8. The topological polar surface area (TPSA) is 78.6 Å². The molecule has 1 fully saturated rings. The molecule has 0 aromatic heterocycles. The minimum atomic E-state index is -0.736. The van der Waals surface area contributed by atoms with Gasteiger partial charge in [-0.3, -0.25) is 4.79 Å². The van der Waals surface area contributed by atoms with Crippen LogP contribution in [0.4, 0.5) is 0 Å². The molecule has 0 heterocycles. The minimum Gasteiger partial charge on any atom is -0.389 e. The summed E-state index contributed by atoms with van der Waals surface area (Å²) < 4.78 is 0.